The Bertz CT molecular complexity index is 408. The van der Waals surface area contributed by atoms with E-state index in [0.717, 1.165) is 12.8 Å². The Balaban J connectivity index is 2.58. The van der Waals surface area contributed by atoms with Crippen LogP contribution >= 0.6 is 23.2 Å². The summed E-state index contributed by atoms with van der Waals surface area (Å²) >= 11 is 11.7. The summed E-state index contributed by atoms with van der Waals surface area (Å²) in [6.07, 6.45) is 1.72. The van der Waals surface area contributed by atoms with Gasteiger partial charge in [-0.3, -0.25) is 4.79 Å². The normalized spacial score (nSPS) is 12.0. The average molecular weight is 290 g/mol. The zero-order valence-corrected chi connectivity index (χ0v) is 12.0. The first-order valence-electron chi connectivity index (χ1n) is 5.80. The second-order valence-corrected chi connectivity index (χ2v) is 5.20. The lowest BCUT2D eigenvalue weighted by Gasteiger charge is -2.10. The van der Waals surface area contributed by atoms with Crippen LogP contribution in [0.15, 0.2) is 18.2 Å². The minimum Gasteiger partial charge on any atom is -0.496 e. The number of carbonyl (C=O) groups excluding carboxylic acids is 1. The highest BCUT2D eigenvalue weighted by molar-refractivity contribution is 6.31. The van der Waals surface area contributed by atoms with E-state index in [4.69, 9.17) is 27.9 Å². The number of ether oxygens (including phenoxy) is 1. The van der Waals surface area contributed by atoms with Gasteiger partial charge in [-0.25, -0.2) is 0 Å². The van der Waals surface area contributed by atoms with E-state index >= 15 is 0 Å². The fraction of sp³-hybridized carbons (Fsp3) is 0.462. The molecule has 1 N–H and O–H groups in total. The Morgan fingerprint density at radius 3 is 2.83 bits per heavy atom. The molecule has 1 aromatic carbocycles. The Labute approximate surface area is 117 Å². The van der Waals surface area contributed by atoms with Crippen molar-refractivity contribution in [1.29, 1.82) is 0 Å². The maximum absolute atomic E-state index is 11.9. The van der Waals surface area contributed by atoms with Gasteiger partial charge < -0.3 is 10.1 Å². The molecule has 1 unspecified atom stereocenters. The minimum atomic E-state index is -0.184. The van der Waals surface area contributed by atoms with Crippen LogP contribution in [0.5, 0.6) is 5.75 Å². The number of alkyl halides is 1. The molecule has 0 saturated carbocycles. The number of nitrogens with one attached hydrogen (secondary N) is 1. The van der Waals surface area contributed by atoms with Crippen molar-refractivity contribution in [2.75, 3.05) is 13.7 Å². The summed E-state index contributed by atoms with van der Waals surface area (Å²) in [7, 11) is 1.52. The van der Waals surface area contributed by atoms with Crippen LogP contribution in [-0.4, -0.2) is 24.9 Å². The Hall–Kier alpha value is -0.930. The summed E-state index contributed by atoms with van der Waals surface area (Å²) in [5.74, 6) is 0.333. The molecule has 1 amide bonds. The fourth-order valence-corrected chi connectivity index (χ4v) is 1.86. The predicted octanol–water partition coefficient (Wildman–Crippen LogP) is 3.49. The van der Waals surface area contributed by atoms with E-state index in [2.05, 4.69) is 5.32 Å². The van der Waals surface area contributed by atoms with Crippen LogP contribution in [0.1, 0.15) is 30.1 Å². The first kappa shape index (κ1) is 15.1. The number of methoxy groups -OCH3 is 1. The van der Waals surface area contributed by atoms with Crippen LogP contribution in [-0.2, 0) is 0 Å². The van der Waals surface area contributed by atoms with E-state index < -0.39 is 0 Å². The van der Waals surface area contributed by atoms with Gasteiger partial charge >= 0.3 is 0 Å². The van der Waals surface area contributed by atoms with Gasteiger partial charge in [-0.1, -0.05) is 11.6 Å². The number of hydrogen-bond donors (Lipinski definition) is 1. The molecule has 0 bridgehead atoms. The van der Waals surface area contributed by atoms with Gasteiger partial charge in [0.1, 0.15) is 5.75 Å². The molecule has 0 aliphatic rings. The van der Waals surface area contributed by atoms with Crippen molar-refractivity contribution in [3.63, 3.8) is 0 Å². The molecule has 0 aliphatic carbocycles. The van der Waals surface area contributed by atoms with E-state index in [9.17, 15) is 4.79 Å². The minimum absolute atomic E-state index is 0.127. The van der Waals surface area contributed by atoms with Gasteiger partial charge in [-0.05, 0) is 38.0 Å². The summed E-state index contributed by atoms with van der Waals surface area (Å²) in [4.78, 5) is 11.9. The Morgan fingerprint density at radius 1 is 1.50 bits per heavy atom. The highest BCUT2D eigenvalue weighted by atomic mass is 35.5. The summed E-state index contributed by atoms with van der Waals surface area (Å²) in [5.41, 5.74) is 0.448. The smallest absolute Gasteiger partial charge is 0.255 e. The van der Waals surface area contributed by atoms with Gasteiger partial charge in [0.05, 0.1) is 12.7 Å². The van der Waals surface area contributed by atoms with Gasteiger partial charge in [-0.15, -0.1) is 11.6 Å². The van der Waals surface area contributed by atoms with Crippen LogP contribution in [0.2, 0.25) is 5.02 Å². The van der Waals surface area contributed by atoms with Gasteiger partial charge in [0.15, 0.2) is 0 Å². The summed E-state index contributed by atoms with van der Waals surface area (Å²) in [5, 5.41) is 3.46. The predicted molar refractivity (Wildman–Crippen MR) is 74.9 cm³/mol. The highest BCUT2D eigenvalue weighted by Crippen LogP contribution is 2.22. The van der Waals surface area contributed by atoms with Crippen molar-refractivity contribution >= 4 is 29.1 Å². The standard InChI is InChI=1S/C13H17Cl2NO2/c1-9(14)4-3-7-16-13(17)11-8-10(15)5-6-12(11)18-2/h5-6,8-9H,3-4,7H2,1-2H3,(H,16,17). The largest absolute Gasteiger partial charge is 0.496 e. The molecule has 1 aromatic rings. The molecule has 18 heavy (non-hydrogen) atoms. The van der Waals surface area contributed by atoms with Crippen LogP contribution in [0.3, 0.4) is 0 Å². The molecule has 0 aliphatic heterocycles. The fourth-order valence-electron chi connectivity index (χ4n) is 1.54. The number of benzene rings is 1. The molecule has 0 aromatic heterocycles. The number of hydrogen-bond acceptors (Lipinski definition) is 2. The number of halogens is 2. The molecular formula is C13H17Cl2NO2. The molecule has 1 atom stereocenters. The molecule has 5 heteroatoms. The van der Waals surface area contributed by atoms with Gasteiger partial charge in [0, 0.05) is 16.9 Å². The molecule has 0 radical (unpaired) electrons. The van der Waals surface area contributed by atoms with E-state index in [1.165, 1.54) is 7.11 Å². The second-order valence-electron chi connectivity index (χ2n) is 4.02. The van der Waals surface area contributed by atoms with Crippen LogP contribution < -0.4 is 10.1 Å². The third kappa shape index (κ3) is 4.75. The van der Waals surface area contributed by atoms with Crippen molar-refractivity contribution in [2.24, 2.45) is 0 Å². The Kier molecular flexibility index (Phi) is 6.30. The summed E-state index contributed by atoms with van der Waals surface area (Å²) in [6.45, 7) is 2.52. The highest BCUT2D eigenvalue weighted by Gasteiger charge is 2.12. The van der Waals surface area contributed by atoms with Crippen molar-refractivity contribution in [3.8, 4) is 5.75 Å². The monoisotopic (exact) mass is 289 g/mol. The molecule has 0 spiro atoms. The van der Waals surface area contributed by atoms with Gasteiger partial charge in [-0.2, -0.15) is 0 Å². The topological polar surface area (TPSA) is 38.3 Å². The number of amides is 1. The average Bonchev–Trinajstić information content (AvgIpc) is 2.34. The van der Waals surface area contributed by atoms with Gasteiger partial charge in [0.25, 0.3) is 5.91 Å². The van der Waals surface area contributed by atoms with E-state index in [1.807, 2.05) is 6.92 Å². The van der Waals surface area contributed by atoms with Crippen molar-refractivity contribution in [3.05, 3.63) is 28.8 Å². The van der Waals surface area contributed by atoms with E-state index in [-0.39, 0.29) is 11.3 Å². The molecule has 3 nitrogen and oxygen atoms in total. The number of carbonyl (C=O) groups is 1. The van der Waals surface area contributed by atoms with Crippen molar-refractivity contribution in [2.45, 2.75) is 25.1 Å². The second kappa shape index (κ2) is 7.49. The molecule has 0 fully saturated rings. The van der Waals surface area contributed by atoms with E-state index in [1.54, 1.807) is 18.2 Å². The maximum Gasteiger partial charge on any atom is 0.255 e. The third-order valence-corrected chi connectivity index (χ3v) is 2.92. The molecule has 100 valence electrons. The molecule has 1 rings (SSSR count). The van der Waals surface area contributed by atoms with Crippen LogP contribution in [0, 0.1) is 0 Å². The summed E-state index contributed by atoms with van der Waals surface area (Å²) in [6, 6.07) is 4.96. The molecule has 0 heterocycles. The maximum atomic E-state index is 11.9. The first-order valence-corrected chi connectivity index (χ1v) is 6.62. The molecular weight excluding hydrogens is 273 g/mol. The van der Waals surface area contributed by atoms with Gasteiger partial charge in [0.2, 0.25) is 0 Å². The van der Waals surface area contributed by atoms with Crippen molar-refractivity contribution < 1.29 is 9.53 Å². The first-order chi connectivity index (χ1) is 8.54. The number of rotatable bonds is 6. The lowest BCUT2D eigenvalue weighted by molar-refractivity contribution is 0.0950. The zero-order valence-electron chi connectivity index (χ0n) is 10.5. The SMILES string of the molecule is COc1ccc(Cl)cc1C(=O)NCCCC(C)Cl. The lowest BCUT2D eigenvalue weighted by Crippen LogP contribution is -2.25. The van der Waals surface area contributed by atoms with Crippen LogP contribution in [0.25, 0.3) is 0 Å². The Morgan fingerprint density at radius 2 is 2.22 bits per heavy atom. The zero-order chi connectivity index (χ0) is 13.5. The van der Waals surface area contributed by atoms with Crippen LogP contribution in [0.4, 0.5) is 0 Å². The summed E-state index contributed by atoms with van der Waals surface area (Å²) < 4.78 is 5.13. The third-order valence-electron chi connectivity index (χ3n) is 2.47. The molecule has 0 saturated heterocycles. The van der Waals surface area contributed by atoms with E-state index in [0.29, 0.717) is 22.9 Å². The quantitative estimate of drug-likeness (QED) is 0.643. The lowest BCUT2D eigenvalue weighted by atomic mass is 10.2. The van der Waals surface area contributed by atoms with Crippen molar-refractivity contribution in [1.82, 2.24) is 5.32 Å².